The summed E-state index contributed by atoms with van der Waals surface area (Å²) in [5, 5.41) is 18.3. The summed E-state index contributed by atoms with van der Waals surface area (Å²) in [6, 6.07) is -0.372. The highest BCUT2D eigenvalue weighted by Crippen LogP contribution is 2.21. The molecule has 0 amide bonds. The van der Waals surface area contributed by atoms with Gasteiger partial charge in [0, 0.05) is 6.42 Å². The van der Waals surface area contributed by atoms with Gasteiger partial charge in [-0.15, -0.1) is 0 Å². The Balaban J connectivity index is 2.53. The molecule has 2 N–H and O–H groups in total. The zero-order valence-electron chi connectivity index (χ0n) is 5.70. The van der Waals surface area contributed by atoms with Gasteiger partial charge in [0.25, 0.3) is 6.04 Å². The molecule has 1 aliphatic carbocycles. The van der Waals surface area contributed by atoms with Gasteiger partial charge in [0.15, 0.2) is 6.10 Å². The molecule has 0 saturated heterocycles. The van der Waals surface area contributed by atoms with Crippen LogP contribution >= 0.6 is 0 Å². The largest absolute Gasteiger partial charge is 0.390 e. The molecule has 0 aromatic rings. The fourth-order valence-corrected chi connectivity index (χ4v) is 1.27. The van der Waals surface area contributed by atoms with Crippen molar-refractivity contribution in [3.63, 3.8) is 0 Å². The standard InChI is InChI=1S/C7H11NO2/c1-8-5-3-2-4-6(9)7(5)10/h5-7,9-10H,2-4H2/t5-,6+,7+/m1/s1. The molecule has 0 unspecified atom stereocenters. The molecule has 0 spiro atoms. The second-order valence-electron chi connectivity index (χ2n) is 2.69. The molecule has 1 saturated carbocycles. The molecular formula is C7H11NO2. The number of nitrogens with zero attached hydrogens (tertiary/aromatic N) is 1. The summed E-state index contributed by atoms with van der Waals surface area (Å²) in [7, 11) is 0. The van der Waals surface area contributed by atoms with Crippen molar-refractivity contribution in [3.8, 4) is 0 Å². The first-order valence-corrected chi connectivity index (χ1v) is 3.48. The fraction of sp³-hybridized carbons (Fsp3) is 0.857. The van der Waals surface area contributed by atoms with Crippen molar-refractivity contribution in [2.24, 2.45) is 0 Å². The summed E-state index contributed by atoms with van der Waals surface area (Å²) in [4.78, 5) is 3.22. The summed E-state index contributed by atoms with van der Waals surface area (Å²) in [6.07, 6.45) is 0.722. The lowest BCUT2D eigenvalue weighted by molar-refractivity contribution is -0.0127. The summed E-state index contributed by atoms with van der Waals surface area (Å²) in [6.45, 7) is 6.67. The van der Waals surface area contributed by atoms with Gasteiger partial charge < -0.3 is 15.1 Å². The van der Waals surface area contributed by atoms with Crippen LogP contribution in [0.4, 0.5) is 0 Å². The number of aliphatic hydroxyl groups is 2. The van der Waals surface area contributed by atoms with E-state index in [4.69, 9.17) is 11.7 Å². The first kappa shape index (κ1) is 7.52. The van der Waals surface area contributed by atoms with Gasteiger partial charge in [0.05, 0.1) is 6.10 Å². The van der Waals surface area contributed by atoms with Gasteiger partial charge in [-0.25, -0.2) is 6.57 Å². The van der Waals surface area contributed by atoms with Gasteiger partial charge in [-0.1, -0.05) is 0 Å². The van der Waals surface area contributed by atoms with Crippen LogP contribution in [0.15, 0.2) is 0 Å². The average Bonchev–Trinajstić information content (AvgIpc) is 1.95. The van der Waals surface area contributed by atoms with Crippen LogP contribution in [0, 0.1) is 6.57 Å². The van der Waals surface area contributed by atoms with E-state index < -0.39 is 12.2 Å². The van der Waals surface area contributed by atoms with Crippen LogP contribution in [0.25, 0.3) is 4.85 Å². The SMILES string of the molecule is [C-]#[N+][C@@H]1CCC[C@H](O)[C@H]1O. The van der Waals surface area contributed by atoms with Gasteiger partial charge in [-0.3, -0.25) is 0 Å². The third-order valence-corrected chi connectivity index (χ3v) is 1.95. The van der Waals surface area contributed by atoms with E-state index in [2.05, 4.69) is 4.85 Å². The molecule has 3 heteroatoms. The molecule has 56 valence electrons. The van der Waals surface area contributed by atoms with Crippen molar-refractivity contribution in [3.05, 3.63) is 11.4 Å². The molecule has 1 fully saturated rings. The summed E-state index contributed by atoms with van der Waals surface area (Å²) in [5.41, 5.74) is 0. The lowest BCUT2D eigenvalue weighted by atomic mass is 9.91. The molecular weight excluding hydrogens is 130 g/mol. The summed E-state index contributed by atoms with van der Waals surface area (Å²) in [5.74, 6) is 0. The predicted molar refractivity (Wildman–Crippen MR) is 36.3 cm³/mol. The molecule has 0 radical (unpaired) electrons. The summed E-state index contributed by atoms with van der Waals surface area (Å²) >= 11 is 0. The van der Waals surface area contributed by atoms with E-state index >= 15 is 0 Å². The number of aliphatic hydroxyl groups excluding tert-OH is 2. The fourth-order valence-electron chi connectivity index (χ4n) is 1.27. The van der Waals surface area contributed by atoms with Gasteiger partial charge in [0.2, 0.25) is 0 Å². The van der Waals surface area contributed by atoms with Crippen LogP contribution in [0.5, 0.6) is 0 Å². The minimum atomic E-state index is -0.814. The van der Waals surface area contributed by atoms with Crippen LogP contribution in [0.3, 0.4) is 0 Å². The highest BCUT2D eigenvalue weighted by atomic mass is 16.3. The average molecular weight is 141 g/mol. The molecule has 0 aliphatic heterocycles. The Kier molecular flexibility index (Phi) is 2.25. The van der Waals surface area contributed by atoms with Gasteiger partial charge >= 0.3 is 0 Å². The molecule has 0 heterocycles. The van der Waals surface area contributed by atoms with Crippen molar-refractivity contribution < 1.29 is 10.2 Å². The van der Waals surface area contributed by atoms with E-state index in [1.54, 1.807) is 0 Å². The maximum absolute atomic E-state index is 9.17. The topological polar surface area (TPSA) is 44.8 Å². The molecule has 3 nitrogen and oxygen atoms in total. The Morgan fingerprint density at radius 2 is 2.00 bits per heavy atom. The Hall–Kier alpha value is -0.590. The number of hydrogen-bond donors (Lipinski definition) is 2. The highest BCUT2D eigenvalue weighted by molar-refractivity contribution is 4.93. The maximum atomic E-state index is 9.17. The molecule has 10 heavy (non-hydrogen) atoms. The molecule has 0 aromatic carbocycles. The van der Waals surface area contributed by atoms with E-state index in [0.29, 0.717) is 6.42 Å². The second-order valence-corrected chi connectivity index (χ2v) is 2.69. The molecule has 0 aromatic heterocycles. The minimum Gasteiger partial charge on any atom is -0.390 e. The van der Waals surface area contributed by atoms with Gasteiger partial charge in [-0.2, -0.15) is 0 Å². The van der Waals surface area contributed by atoms with Crippen molar-refractivity contribution in [2.45, 2.75) is 37.5 Å². The second kappa shape index (κ2) is 3.00. The quantitative estimate of drug-likeness (QED) is 0.473. The Bertz CT molecular complexity index is 152. The first-order valence-electron chi connectivity index (χ1n) is 3.48. The zero-order chi connectivity index (χ0) is 7.56. The van der Waals surface area contributed by atoms with Gasteiger partial charge in [0.1, 0.15) is 0 Å². The van der Waals surface area contributed by atoms with Crippen LogP contribution in [0.2, 0.25) is 0 Å². The van der Waals surface area contributed by atoms with Crippen molar-refractivity contribution in [2.75, 3.05) is 0 Å². The number of hydrogen-bond acceptors (Lipinski definition) is 2. The van der Waals surface area contributed by atoms with E-state index in [0.717, 1.165) is 12.8 Å². The predicted octanol–water partition coefficient (Wildman–Crippen LogP) is 0.180. The van der Waals surface area contributed by atoms with E-state index in [1.807, 2.05) is 0 Å². The lowest BCUT2D eigenvalue weighted by Crippen LogP contribution is -2.39. The highest BCUT2D eigenvalue weighted by Gasteiger charge is 2.34. The van der Waals surface area contributed by atoms with Crippen molar-refractivity contribution in [1.82, 2.24) is 0 Å². The maximum Gasteiger partial charge on any atom is 0.251 e. The zero-order valence-corrected chi connectivity index (χ0v) is 5.70. The molecule has 1 rings (SSSR count). The lowest BCUT2D eigenvalue weighted by Gasteiger charge is -2.23. The van der Waals surface area contributed by atoms with Gasteiger partial charge in [-0.05, 0) is 12.8 Å². The third-order valence-electron chi connectivity index (χ3n) is 1.95. The third kappa shape index (κ3) is 1.28. The first-order chi connectivity index (χ1) is 4.75. The molecule has 1 aliphatic rings. The molecule has 0 bridgehead atoms. The Labute approximate surface area is 60.1 Å². The normalized spacial score (nSPS) is 40.7. The van der Waals surface area contributed by atoms with Crippen LogP contribution in [-0.4, -0.2) is 28.5 Å². The smallest absolute Gasteiger partial charge is 0.251 e. The van der Waals surface area contributed by atoms with Crippen molar-refractivity contribution in [1.29, 1.82) is 0 Å². The monoisotopic (exact) mass is 141 g/mol. The molecule has 3 atom stereocenters. The van der Waals surface area contributed by atoms with E-state index in [9.17, 15) is 5.11 Å². The minimum absolute atomic E-state index is 0.372. The Morgan fingerprint density at radius 3 is 2.50 bits per heavy atom. The van der Waals surface area contributed by atoms with E-state index in [1.165, 1.54) is 0 Å². The van der Waals surface area contributed by atoms with E-state index in [-0.39, 0.29) is 6.04 Å². The number of rotatable bonds is 0. The Morgan fingerprint density at radius 1 is 1.30 bits per heavy atom. The summed E-state index contributed by atoms with van der Waals surface area (Å²) < 4.78 is 0. The van der Waals surface area contributed by atoms with Crippen LogP contribution in [-0.2, 0) is 0 Å². The van der Waals surface area contributed by atoms with Crippen LogP contribution in [0.1, 0.15) is 19.3 Å². The van der Waals surface area contributed by atoms with Crippen molar-refractivity contribution >= 4 is 0 Å². The van der Waals surface area contributed by atoms with Crippen LogP contribution < -0.4 is 0 Å².